The van der Waals surface area contributed by atoms with Crippen molar-refractivity contribution in [2.75, 3.05) is 25.2 Å². The van der Waals surface area contributed by atoms with Crippen molar-refractivity contribution in [1.29, 1.82) is 0 Å². The molecule has 0 aliphatic heterocycles. The molecule has 0 spiro atoms. The molecular weight excluding hydrogens is 306 g/mol. The highest BCUT2D eigenvalue weighted by Crippen LogP contribution is 2.17. The first-order valence-electron chi connectivity index (χ1n) is 6.59. The number of hydrogen-bond donors (Lipinski definition) is 2. The summed E-state index contributed by atoms with van der Waals surface area (Å²) < 4.78 is 27.4. The fourth-order valence-corrected chi connectivity index (χ4v) is 3.78. The molecule has 0 radical (unpaired) electrons. The molecule has 21 heavy (non-hydrogen) atoms. The Bertz CT molecular complexity index is 630. The zero-order valence-electron chi connectivity index (χ0n) is 12.5. The van der Waals surface area contributed by atoms with Gasteiger partial charge in [-0.05, 0) is 42.5 Å². The van der Waals surface area contributed by atoms with E-state index in [1.54, 1.807) is 30.0 Å². The molecule has 0 aliphatic carbocycles. The maximum Gasteiger partial charge on any atom is 0.241 e. The third kappa shape index (κ3) is 5.71. The standard InChI is InChI=1S/C15H21NO3S2/c1-12-6-7-15(14(9-12)5-4-8-17)21(18,19)16-10-13(2)11-20-3/h6-7,9,13,16-17H,8,10-11H2,1-3H3. The number of aryl methyl sites for hydroxylation is 1. The van der Waals surface area contributed by atoms with Crippen molar-refractivity contribution in [3.8, 4) is 11.8 Å². The number of sulfonamides is 1. The Labute approximate surface area is 131 Å². The highest BCUT2D eigenvalue weighted by molar-refractivity contribution is 7.98. The molecule has 1 aromatic carbocycles. The molecular formula is C15H21NO3S2. The van der Waals surface area contributed by atoms with Gasteiger partial charge < -0.3 is 5.11 Å². The van der Waals surface area contributed by atoms with Gasteiger partial charge in [-0.3, -0.25) is 0 Å². The van der Waals surface area contributed by atoms with Gasteiger partial charge >= 0.3 is 0 Å². The summed E-state index contributed by atoms with van der Waals surface area (Å²) in [6.45, 7) is 3.96. The first-order valence-corrected chi connectivity index (χ1v) is 9.47. The zero-order chi connectivity index (χ0) is 15.9. The number of aliphatic hydroxyl groups is 1. The minimum absolute atomic E-state index is 0.158. The van der Waals surface area contributed by atoms with E-state index >= 15 is 0 Å². The van der Waals surface area contributed by atoms with Crippen molar-refractivity contribution in [1.82, 2.24) is 4.72 Å². The fourth-order valence-electron chi connectivity index (χ4n) is 1.78. The smallest absolute Gasteiger partial charge is 0.241 e. The topological polar surface area (TPSA) is 66.4 Å². The molecule has 1 atom stereocenters. The number of aliphatic hydroxyl groups excluding tert-OH is 1. The molecule has 0 fully saturated rings. The maximum absolute atomic E-state index is 12.4. The van der Waals surface area contributed by atoms with Crippen LogP contribution < -0.4 is 4.72 Å². The summed E-state index contributed by atoms with van der Waals surface area (Å²) >= 11 is 1.69. The van der Waals surface area contributed by atoms with E-state index in [1.165, 1.54) is 0 Å². The molecule has 0 saturated carbocycles. The van der Waals surface area contributed by atoms with Crippen molar-refractivity contribution >= 4 is 21.8 Å². The lowest BCUT2D eigenvalue weighted by molar-refractivity contribution is 0.350. The van der Waals surface area contributed by atoms with Gasteiger partial charge in [-0.25, -0.2) is 13.1 Å². The second-order valence-electron chi connectivity index (χ2n) is 4.87. The molecule has 1 aromatic rings. The van der Waals surface area contributed by atoms with E-state index in [9.17, 15) is 8.42 Å². The molecule has 1 unspecified atom stereocenters. The maximum atomic E-state index is 12.4. The molecule has 116 valence electrons. The van der Waals surface area contributed by atoms with Crippen LogP contribution in [0.5, 0.6) is 0 Å². The second-order valence-corrected chi connectivity index (χ2v) is 7.52. The van der Waals surface area contributed by atoms with Gasteiger partial charge in [0.25, 0.3) is 0 Å². The Morgan fingerprint density at radius 1 is 1.43 bits per heavy atom. The number of thioether (sulfide) groups is 1. The van der Waals surface area contributed by atoms with Gasteiger partial charge in [0.1, 0.15) is 6.61 Å². The lowest BCUT2D eigenvalue weighted by Crippen LogP contribution is -2.29. The van der Waals surface area contributed by atoms with Crippen LogP contribution in [0, 0.1) is 24.7 Å². The lowest BCUT2D eigenvalue weighted by Gasteiger charge is -2.13. The van der Waals surface area contributed by atoms with E-state index in [0.717, 1.165) is 11.3 Å². The van der Waals surface area contributed by atoms with Crippen molar-refractivity contribution in [2.24, 2.45) is 5.92 Å². The van der Waals surface area contributed by atoms with Crippen LogP contribution in [0.3, 0.4) is 0 Å². The molecule has 0 aromatic heterocycles. The Morgan fingerprint density at radius 2 is 2.14 bits per heavy atom. The Morgan fingerprint density at radius 3 is 2.76 bits per heavy atom. The van der Waals surface area contributed by atoms with Gasteiger partial charge in [-0.1, -0.05) is 24.8 Å². The molecule has 0 saturated heterocycles. The first-order chi connectivity index (χ1) is 9.90. The van der Waals surface area contributed by atoms with Gasteiger partial charge in [-0.15, -0.1) is 0 Å². The molecule has 1 rings (SSSR count). The first kappa shape index (κ1) is 18.1. The molecule has 0 heterocycles. The highest BCUT2D eigenvalue weighted by atomic mass is 32.2. The summed E-state index contributed by atoms with van der Waals surface area (Å²) in [5, 5.41) is 8.78. The molecule has 4 nitrogen and oxygen atoms in total. The van der Waals surface area contributed by atoms with E-state index in [1.807, 2.05) is 20.1 Å². The molecule has 6 heteroatoms. The molecule has 0 bridgehead atoms. The van der Waals surface area contributed by atoms with Crippen molar-refractivity contribution in [3.63, 3.8) is 0 Å². The average Bonchev–Trinajstić information content (AvgIpc) is 2.43. The normalized spacial score (nSPS) is 12.6. The van der Waals surface area contributed by atoms with E-state index < -0.39 is 10.0 Å². The van der Waals surface area contributed by atoms with Crippen molar-refractivity contribution < 1.29 is 13.5 Å². The van der Waals surface area contributed by atoms with Crippen LogP contribution >= 0.6 is 11.8 Å². The van der Waals surface area contributed by atoms with Crippen LogP contribution in [-0.4, -0.2) is 38.7 Å². The number of rotatable bonds is 6. The summed E-state index contributed by atoms with van der Waals surface area (Å²) in [4.78, 5) is 0.158. The number of benzene rings is 1. The Balaban J connectivity index is 3.02. The summed E-state index contributed by atoms with van der Waals surface area (Å²) in [6.07, 6.45) is 1.99. The average molecular weight is 327 g/mol. The Hall–Kier alpha value is -1.00. The minimum atomic E-state index is -3.59. The van der Waals surface area contributed by atoms with E-state index in [2.05, 4.69) is 16.6 Å². The van der Waals surface area contributed by atoms with Gasteiger partial charge in [0.05, 0.1) is 4.90 Å². The monoisotopic (exact) mass is 327 g/mol. The van der Waals surface area contributed by atoms with Crippen molar-refractivity contribution in [3.05, 3.63) is 29.3 Å². The van der Waals surface area contributed by atoms with Crippen LogP contribution in [0.15, 0.2) is 23.1 Å². The fraction of sp³-hybridized carbons (Fsp3) is 0.467. The van der Waals surface area contributed by atoms with E-state index in [0.29, 0.717) is 12.1 Å². The molecule has 2 N–H and O–H groups in total. The Kier molecular flexibility index (Phi) is 7.26. The third-order valence-electron chi connectivity index (χ3n) is 2.80. The van der Waals surface area contributed by atoms with Gasteiger partial charge in [0.2, 0.25) is 10.0 Å². The summed E-state index contributed by atoms with van der Waals surface area (Å²) in [7, 11) is -3.59. The third-order valence-corrected chi connectivity index (χ3v) is 5.18. The quantitative estimate of drug-likeness (QED) is 0.779. The number of hydrogen-bond acceptors (Lipinski definition) is 4. The second kappa shape index (κ2) is 8.44. The van der Waals surface area contributed by atoms with Gasteiger partial charge in [-0.2, -0.15) is 11.8 Å². The van der Waals surface area contributed by atoms with Crippen LogP contribution in [0.1, 0.15) is 18.1 Å². The van der Waals surface area contributed by atoms with E-state index in [-0.39, 0.29) is 17.4 Å². The van der Waals surface area contributed by atoms with Crippen molar-refractivity contribution in [2.45, 2.75) is 18.7 Å². The van der Waals surface area contributed by atoms with Crippen LogP contribution in [0.2, 0.25) is 0 Å². The lowest BCUT2D eigenvalue weighted by atomic mass is 10.1. The van der Waals surface area contributed by atoms with Crippen LogP contribution in [0.25, 0.3) is 0 Å². The predicted octanol–water partition coefficient (Wildman–Crippen LogP) is 1.62. The number of nitrogens with one attached hydrogen (secondary N) is 1. The van der Waals surface area contributed by atoms with Gasteiger partial charge in [0, 0.05) is 12.1 Å². The highest BCUT2D eigenvalue weighted by Gasteiger charge is 2.18. The largest absolute Gasteiger partial charge is 0.384 e. The van der Waals surface area contributed by atoms with Gasteiger partial charge in [0.15, 0.2) is 0 Å². The summed E-state index contributed by atoms with van der Waals surface area (Å²) in [5.41, 5.74) is 1.33. The van der Waals surface area contributed by atoms with Crippen LogP contribution in [-0.2, 0) is 10.0 Å². The predicted molar refractivity (Wildman–Crippen MR) is 87.9 cm³/mol. The molecule has 0 aliphatic rings. The van der Waals surface area contributed by atoms with E-state index in [4.69, 9.17) is 5.11 Å². The van der Waals surface area contributed by atoms with Crippen LogP contribution in [0.4, 0.5) is 0 Å². The zero-order valence-corrected chi connectivity index (χ0v) is 14.1. The minimum Gasteiger partial charge on any atom is -0.384 e. The SMILES string of the molecule is CSCC(C)CNS(=O)(=O)c1ccc(C)cc1C#CCO. The summed E-state index contributed by atoms with van der Waals surface area (Å²) in [6, 6.07) is 5.00. The molecule has 0 amide bonds. The summed E-state index contributed by atoms with van der Waals surface area (Å²) in [5.74, 6) is 6.35.